The Bertz CT molecular complexity index is 1190. The molecule has 2 aromatic heterocycles. The monoisotopic (exact) mass is 455 g/mol. The topological polar surface area (TPSA) is 75.4 Å². The lowest BCUT2D eigenvalue weighted by atomic mass is 9.81. The van der Waals surface area contributed by atoms with E-state index in [1.807, 2.05) is 18.7 Å². The molecule has 0 radical (unpaired) electrons. The number of amides is 1. The number of aromatic nitrogens is 3. The number of halogens is 2. The van der Waals surface area contributed by atoms with Gasteiger partial charge in [-0.3, -0.25) is 4.79 Å². The number of aryl methyl sites for hydroxylation is 3. The molecule has 2 fully saturated rings. The largest absolute Gasteiger partial charge is 0.356 e. The van der Waals surface area contributed by atoms with Crippen molar-refractivity contribution in [3.8, 4) is 11.3 Å². The number of carbonyl (C=O) groups is 1. The Hall–Kier alpha value is -3.00. The van der Waals surface area contributed by atoms with Gasteiger partial charge in [0.15, 0.2) is 5.76 Å². The van der Waals surface area contributed by atoms with Crippen LogP contribution in [0.25, 0.3) is 11.3 Å². The Balaban J connectivity index is 1.41. The SMILES string of the molecule is Cc1cc(-c2c(F)cccc2C(=O)N2CC3CCN(c4nc(C)c(Cl)c(C)n4)CC32)on1. The van der Waals surface area contributed by atoms with Gasteiger partial charge in [-0.1, -0.05) is 22.8 Å². The normalized spacial score (nSPS) is 20.2. The summed E-state index contributed by atoms with van der Waals surface area (Å²) in [4.78, 5) is 26.5. The summed E-state index contributed by atoms with van der Waals surface area (Å²) in [6, 6.07) is 6.17. The van der Waals surface area contributed by atoms with Crippen LogP contribution in [0.15, 0.2) is 28.8 Å². The molecule has 2 unspecified atom stereocenters. The molecule has 2 saturated heterocycles. The van der Waals surface area contributed by atoms with Gasteiger partial charge in [0.1, 0.15) is 5.82 Å². The molecule has 4 heterocycles. The minimum absolute atomic E-state index is 0.0173. The van der Waals surface area contributed by atoms with Crippen LogP contribution < -0.4 is 4.90 Å². The third kappa shape index (κ3) is 3.43. The van der Waals surface area contributed by atoms with Crippen LogP contribution in [0, 0.1) is 32.5 Å². The van der Waals surface area contributed by atoms with Gasteiger partial charge in [0.25, 0.3) is 5.91 Å². The highest BCUT2D eigenvalue weighted by molar-refractivity contribution is 6.31. The maximum atomic E-state index is 14.7. The lowest BCUT2D eigenvalue weighted by molar-refractivity contribution is 0.00769. The first-order valence-corrected chi connectivity index (χ1v) is 11.0. The van der Waals surface area contributed by atoms with Crippen molar-refractivity contribution in [1.82, 2.24) is 20.0 Å². The molecule has 32 heavy (non-hydrogen) atoms. The Morgan fingerprint density at radius 2 is 1.94 bits per heavy atom. The molecule has 2 atom stereocenters. The molecule has 9 heteroatoms. The van der Waals surface area contributed by atoms with Gasteiger partial charge < -0.3 is 14.3 Å². The third-order valence-corrected chi connectivity index (χ3v) is 6.93. The number of likely N-dealkylation sites (tertiary alicyclic amines) is 1. The second kappa shape index (κ2) is 7.85. The van der Waals surface area contributed by atoms with Gasteiger partial charge in [-0.15, -0.1) is 0 Å². The number of benzene rings is 1. The van der Waals surface area contributed by atoms with Crippen molar-refractivity contribution >= 4 is 23.5 Å². The van der Waals surface area contributed by atoms with E-state index in [-0.39, 0.29) is 28.8 Å². The fourth-order valence-electron chi connectivity index (χ4n) is 4.63. The van der Waals surface area contributed by atoms with Gasteiger partial charge >= 0.3 is 0 Å². The Morgan fingerprint density at radius 3 is 2.62 bits per heavy atom. The van der Waals surface area contributed by atoms with Crippen LogP contribution in [-0.4, -0.2) is 51.6 Å². The van der Waals surface area contributed by atoms with E-state index < -0.39 is 5.82 Å². The van der Waals surface area contributed by atoms with Crippen LogP contribution in [0.4, 0.5) is 10.3 Å². The summed E-state index contributed by atoms with van der Waals surface area (Å²) in [6.45, 7) is 7.60. The molecule has 5 rings (SSSR count). The van der Waals surface area contributed by atoms with Gasteiger partial charge in [0, 0.05) is 31.6 Å². The highest BCUT2D eigenvalue weighted by Gasteiger charge is 2.46. The molecule has 0 aliphatic carbocycles. The van der Waals surface area contributed by atoms with Crippen LogP contribution in [0.2, 0.25) is 5.02 Å². The second-order valence-electron chi connectivity index (χ2n) is 8.52. The zero-order valence-corrected chi connectivity index (χ0v) is 18.9. The molecule has 2 aliphatic heterocycles. The number of hydrogen-bond donors (Lipinski definition) is 0. The summed E-state index contributed by atoms with van der Waals surface area (Å²) >= 11 is 6.22. The molecule has 2 aliphatic rings. The molecule has 7 nitrogen and oxygen atoms in total. The lowest BCUT2D eigenvalue weighted by Crippen LogP contribution is -2.66. The van der Waals surface area contributed by atoms with Gasteiger partial charge in [0.2, 0.25) is 5.95 Å². The van der Waals surface area contributed by atoms with Crippen LogP contribution >= 0.6 is 11.6 Å². The number of carbonyl (C=O) groups excluding carboxylic acids is 1. The zero-order valence-electron chi connectivity index (χ0n) is 18.1. The summed E-state index contributed by atoms with van der Waals surface area (Å²) in [6.07, 6.45) is 0.940. The average Bonchev–Trinajstić information content (AvgIpc) is 3.18. The average molecular weight is 456 g/mol. The van der Waals surface area contributed by atoms with Crippen molar-refractivity contribution in [2.24, 2.45) is 5.92 Å². The first-order chi connectivity index (χ1) is 15.3. The van der Waals surface area contributed by atoms with Crippen LogP contribution in [0.5, 0.6) is 0 Å². The predicted molar refractivity (Wildman–Crippen MR) is 118 cm³/mol. The van der Waals surface area contributed by atoms with Crippen molar-refractivity contribution in [1.29, 1.82) is 0 Å². The summed E-state index contributed by atoms with van der Waals surface area (Å²) in [7, 11) is 0. The fourth-order valence-corrected chi connectivity index (χ4v) is 4.71. The fraction of sp³-hybridized carbons (Fsp3) is 0.391. The number of rotatable bonds is 3. The molecule has 1 aromatic carbocycles. The van der Waals surface area contributed by atoms with Crippen molar-refractivity contribution in [2.45, 2.75) is 33.2 Å². The van der Waals surface area contributed by atoms with E-state index in [9.17, 15) is 9.18 Å². The zero-order chi connectivity index (χ0) is 22.6. The van der Waals surface area contributed by atoms with Crippen LogP contribution in [-0.2, 0) is 0 Å². The standard InChI is InChI=1S/C23H23ClFN5O2/c1-12-9-19(32-28-12)20-16(5-4-6-17(20)25)22(31)30-10-15-7-8-29(11-18(15)30)23-26-13(2)21(24)14(3)27-23/h4-6,9,15,18H,7-8,10-11H2,1-3H3. The van der Waals surface area contributed by atoms with Gasteiger partial charge in [-0.25, -0.2) is 14.4 Å². The van der Waals surface area contributed by atoms with Crippen LogP contribution in [0.1, 0.15) is 33.9 Å². The van der Waals surface area contributed by atoms with Gasteiger partial charge in [-0.05, 0) is 39.3 Å². The van der Waals surface area contributed by atoms with Crippen molar-refractivity contribution in [3.63, 3.8) is 0 Å². The number of anilines is 1. The van der Waals surface area contributed by atoms with E-state index in [0.29, 0.717) is 35.7 Å². The van der Waals surface area contributed by atoms with E-state index >= 15 is 0 Å². The lowest BCUT2D eigenvalue weighted by Gasteiger charge is -2.53. The smallest absolute Gasteiger partial charge is 0.255 e. The Morgan fingerprint density at radius 1 is 1.19 bits per heavy atom. The quantitative estimate of drug-likeness (QED) is 0.589. The van der Waals surface area contributed by atoms with E-state index in [1.165, 1.54) is 6.07 Å². The van der Waals surface area contributed by atoms with E-state index in [0.717, 1.165) is 24.4 Å². The van der Waals surface area contributed by atoms with Gasteiger partial charge in [0.05, 0.1) is 39.3 Å². The molecule has 166 valence electrons. The van der Waals surface area contributed by atoms with E-state index in [1.54, 1.807) is 25.1 Å². The summed E-state index contributed by atoms with van der Waals surface area (Å²) in [5, 5.41) is 4.42. The molecule has 0 N–H and O–H groups in total. The first-order valence-electron chi connectivity index (χ1n) is 10.6. The molecule has 0 spiro atoms. The highest BCUT2D eigenvalue weighted by Crippen LogP contribution is 2.37. The van der Waals surface area contributed by atoms with Crippen molar-refractivity contribution in [3.05, 3.63) is 57.8 Å². The summed E-state index contributed by atoms with van der Waals surface area (Å²) in [5.74, 6) is 0.586. The number of nitrogens with zero attached hydrogens (tertiary/aromatic N) is 5. The van der Waals surface area contributed by atoms with E-state index in [2.05, 4.69) is 20.0 Å². The minimum Gasteiger partial charge on any atom is -0.356 e. The third-order valence-electron chi connectivity index (χ3n) is 6.39. The molecular weight excluding hydrogens is 433 g/mol. The van der Waals surface area contributed by atoms with Crippen molar-refractivity contribution < 1.29 is 13.7 Å². The van der Waals surface area contributed by atoms with E-state index in [4.69, 9.17) is 16.1 Å². The summed E-state index contributed by atoms with van der Waals surface area (Å²) in [5.41, 5.74) is 2.55. The predicted octanol–water partition coefficient (Wildman–Crippen LogP) is 4.20. The maximum absolute atomic E-state index is 14.7. The first kappa shape index (κ1) is 20.9. The molecule has 0 saturated carbocycles. The minimum atomic E-state index is -0.505. The molecular formula is C23H23ClFN5O2. The molecule has 0 bridgehead atoms. The number of hydrogen-bond acceptors (Lipinski definition) is 6. The van der Waals surface area contributed by atoms with Crippen molar-refractivity contribution in [2.75, 3.05) is 24.5 Å². The maximum Gasteiger partial charge on any atom is 0.255 e. The number of fused-ring (bicyclic) bond motifs is 1. The number of piperidine rings is 1. The Kier molecular flexibility index (Phi) is 5.12. The summed E-state index contributed by atoms with van der Waals surface area (Å²) < 4.78 is 20.0. The second-order valence-corrected chi connectivity index (χ2v) is 8.90. The Labute approximate surface area is 190 Å². The highest BCUT2D eigenvalue weighted by atomic mass is 35.5. The molecule has 3 aromatic rings. The molecule has 1 amide bonds. The van der Waals surface area contributed by atoms with Gasteiger partial charge in [-0.2, -0.15) is 0 Å². The van der Waals surface area contributed by atoms with Crippen LogP contribution in [0.3, 0.4) is 0 Å².